The lowest BCUT2D eigenvalue weighted by Crippen LogP contribution is -2.03. The Bertz CT molecular complexity index is 205. The van der Waals surface area contributed by atoms with Crippen LogP contribution in [0.15, 0.2) is 11.1 Å². The van der Waals surface area contributed by atoms with Crippen LogP contribution < -0.4 is 0 Å². The lowest BCUT2D eigenvalue weighted by Gasteiger charge is -2.07. The molecule has 2 nitrogen and oxygen atoms in total. The van der Waals surface area contributed by atoms with Crippen LogP contribution in [-0.4, -0.2) is 16.0 Å². The Morgan fingerprint density at radius 3 is 2.80 bits per heavy atom. The van der Waals surface area contributed by atoms with Gasteiger partial charge in [0, 0.05) is 6.04 Å². The van der Waals surface area contributed by atoms with Crippen molar-refractivity contribution < 1.29 is 0 Å². The molecule has 3 heteroatoms. The summed E-state index contributed by atoms with van der Waals surface area (Å²) in [7, 11) is 0. The third-order valence-electron chi connectivity index (χ3n) is 1.28. The van der Waals surface area contributed by atoms with Gasteiger partial charge in [-0.05, 0) is 26.2 Å². The molecule has 1 aromatic heterocycles. The molecule has 0 N–H and O–H groups in total. The maximum atomic E-state index is 4.06. The van der Waals surface area contributed by atoms with E-state index < -0.39 is 0 Å². The van der Waals surface area contributed by atoms with Crippen LogP contribution in [0.2, 0.25) is 0 Å². The van der Waals surface area contributed by atoms with E-state index in [9.17, 15) is 0 Å². The highest BCUT2D eigenvalue weighted by Gasteiger charge is 2.02. The molecule has 0 atom stereocenters. The van der Waals surface area contributed by atoms with Crippen molar-refractivity contribution in [2.45, 2.75) is 24.9 Å². The Kier molecular flexibility index (Phi) is 2.38. The van der Waals surface area contributed by atoms with Gasteiger partial charge in [-0.25, -0.2) is 0 Å². The predicted octanol–water partition coefficient (Wildman–Crippen LogP) is 1.99. The largest absolute Gasteiger partial charge is 0.256 e. The zero-order chi connectivity index (χ0) is 7.56. The van der Waals surface area contributed by atoms with Crippen LogP contribution in [0, 0.1) is 6.20 Å². The highest BCUT2D eigenvalue weighted by Crippen LogP contribution is 2.16. The second-order valence-electron chi connectivity index (χ2n) is 2.35. The SMILES string of the molecule is CSc1c[c]nn1C(C)C. The van der Waals surface area contributed by atoms with Gasteiger partial charge in [0.15, 0.2) is 0 Å². The summed E-state index contributed by atoms with van der Waals surface area (Å²) in [6, 6.07) is 2.35. The summed E-state index contributed by atoms with van der Waals surface area (Å²) in [5, 5.41) is 5.23. The molecule has 0 unspecified atom stereocenters. The quantitative estimate of drug-likeness (QED) is 0.608. The van der Waals surface area contributed by atoms with Crippen molar-refractivity contribution in [1.29, 1.82) is 0 Å². The van der Waals surface area contributed by atoms with E-state index in [1.54, 1.807) is 11.8 Å². The molecule has 0 aliphatic rings. The highest BCUT2D eigenvalue weighted by molar-refractivity contribution is 7.98. The second kappa shape index (κ2) is 3.10. The van der Waals surface area contributed by atoms with Crippen LogP contribution in [0.4, 0.5) is 0 Å². The molecule has 0 aliphatic heterocycles. The molecule has 0 aromatic carbocycles. The maximum Gasteiger partial charge on any atom is 0.114 e. The average Bonchev–Trinajstić information content (AvgIpc) is 2.33. The van der Waals surface area contributed by atoms with Crippen molar-refractivity contribution in [3.8, 4) is 0 Å². The Labute approximate surface area is 65.6 Å². The van der Waals surface area contributed by atoms with Gasteiger partial charge >= 0.3 is 0 Å². The molecule has 55 valence electrons. The standard InChI is InChI=1S/C7H11N2S/c1-6(2)9-7(10-3)4-5-8-9/h4,6H,1-3H3. The number of thioether (sulfide) groups is 1. The molecule has 1 radical (unpaired) electrons. The Morgan fingerprint density at radius 2 is 2.40 bits per heavy atom. The fraction of sp³-hybridized carbons (Fsp3) is 0.571. The molecule has 0 aliphatic carbocycles. The van der Waals surface area contributed by atoms with E-state index in [2.05, 4.69) is 25.1 Å². The predicted molar refractivity (Wildman–Crippen MR) is 43.2 cm³/mol. The van der Waals surface area contributed by atoms with Gasteiger partial charge in [0.1, 0.15) is 6.20 Å². The Hall–Kier alpha value is -0.440. The fourth-order valence-electron chi connectivity index (χ4n) is 0.784. The molecule has 0 fully saturated rings. The summed E-state index contributed by atoms with van der Waals surface area (Å²) >= 11 is 1.70. The van der Waals surface area contributed by atoms with Crippen molar-refractivity contribution >= 4 is 11.8 Å². The zero-order valence-electron chi connectivity index (χ0n) is 6.46. The molecule has 0 saturated carbocycles. The van der Waals surface area contributed by atoms with E-state index in [1.165, 1.54) is 5.03 Å². The first-order valence-corrected chi connectivity index (χ1v) is 4.47. The molecule has 0 bridgehead atoms. The number of aromatic nitrogens is 2. The van der Waals surface area contributed by atoms with Crippen molar-refractivity contribution in [3.05, 3.63) is 12.3 Å². The number of hydrogen-bond donors (Lipinski definition) is 0. The van der Waals surface area contributed by atoms with Crippen LogP contribution in [0.25, 0.3) is 0 Å². The van der Waals surface area contributed by atoms with Gasteiger partial charge in [-0.2, -0.15) is 5.10 Å². The van der Waals surface area contributed by atoms with Gasteiger partial charge in [0.25, 0.3) is 0 Å². The van der Waals surface area contributed by atoms with Gasteiger partial charge in [-0.3, -0.25) is 4.68 Å². The van der Waals surface area contributed by atoms with Crippen LogP contribution >= 0.6 is 11.8 Å². The van der Waals surface area contributed by atoms with Gasteiger partial charge in [0.05, 0.1) is 5.03 Å². The monoisotopic (exact) mass is 155 g/mol. The summed E-state index contributed by atoms with van der Waals surface area (Å²) in [6.07, 6.45) is 4.87. The normalized spacial score (nSPS) is 10.8. The first kappa shape index (κ1) is 7.66. The van der Waals surface area contributed by atoms with Crippen molar-refractivity contribution in [3.63, 3.8) is 0 Å². The smallest absolute Gasteiger partial charge is 0.114 e. The number of rotatable bonds is 2. The van der Waals surface area contributed by atoms with Crippen LogP contribution in [0.3, 0.4) is 0 Å². The van der Waals surface area contributed by atoms with Gasteiger partial charge < -0.3 is 0 Å². The van der Waals surface area contributed by atoms with E-state index in [4.69, 9.17) is 0 Å². The molecule has 10 heavy (non-hydrogen) atoms. The Balaban J connectivity index is 2.90. The summed E-state index contributed by atoms with van der Waals surface area (Å²) < 4.78 is 1.96. The van der Waals surface area contributed by atoms with Crippen LogP contribution in [-0.2, 0) is 0 Å². The molecular weight excluding hydrogens is 144 g/mol. The molecule has 1 rings (SSSR count). The van der Waals surface area contributed by atoms with Crippen LogP contribution in [0.5, 0.6) is 0 Å². The molecular formula is C7H11N2S. The lowest BCUT2D eigenvalue weighted by atomic mass is 10.4. The number of nitrogens with zero attached hydrogens (tertiary/aromatic N) is 2. The van der Waals surface area contributed by atoms with E-state index in [0.717, 1.165) is 0 Å². The summed E-state index contributed by atoms with van der Waals surface area (Å²) in [5.41, 5.74) is 0. The van der Waals surface area contributed by atoms with Crippen molar-refractivity contribution in [2.75, 3.05) is 6.26 Å². The van der Waals surface area contributed by atoms with E-state index in [1.807, 2.05) is 17.0 Å². The van der Waals surface area contributed by atoms with Gasteiger partial charge in [-0.1, -0.05) is 0 Å². The van der Waals surface area contributed by atoms with Crippen LogP contribution in [0.1, 0.15) is 19.9 Å². The molecule has 0 saturated heterocycles. The zero-order valence-corrected chi connectivity index (χ0v) is 7.27. The van der Waals surface area contributed by atoms with Gasteiger partial charge in [-0.15, -0.1) is 11.8 Å². The van der Waals surface area contributed by atoms with Crippen molar-refractivity contribution in [2.24, 2.45) is 0 Å². The first-order chi connectivity index (χ1) is 4.75. The minimum Gasteiger partial charge on any atom is -0.256 e. The van der Waals surface area contributed by atoms with Crippen molar-refractivity contribution in [1.82, 2.24) is 9.78 Å². The topological polar surface area (TPSA) is 17.8 Å². The second-order valence-corrected chi connectivity index (χ2v) is 3.18. The number of hydrogen-bond acceptors (Lipinski definition) is 2. The summed E-state index contributed by atoms with van der Waals surface area (Å²) in [6.45, 7) is 4.22. The highest BCUT2D eigenvalue weighted by atomic mass is 32.2. The third-order valence-corrected chi connectivity index (χ3v) is 2.00. The lowest BCUT2D eigenvalue weighted by molar-refractivity contribution is 0.492. The minimum absolute atomic E-state index is 0.439. The molecule has 1 heterocycles. The average molecular weight is 155 g/mol. The fourth-order valence-corrected chi connectivity index (χ4v) is 1.39. The first-order valence-electron chi connectivity index (χ1n) is 3.25. The van der Waals surface area contributed by atoms with E-state index >= 15 is 0 Å². The molecule has 1 aromatic rings. The molecule has 0 amide bonds. The Morgan fingerprint density at radius 1 is 1.70 bits per heavy atom. The summed E-state index contributed by atoms with van der Waals surface area (Å²) in [5.74, 6) is 0. The van der Waals surface area contributed by atoms with Gasteiger partial charge in [0.2, 0.25) is 0 Å². The van der Waals surface area contributed by atoms with E-state index in [-0.39, 0.29) is 0 Å². The minimum atomic E-state index is 0.439. The molecule has 0 spiro atoms. The third kappa shape index (κ3) is 1.34. The maximum absolute atomic E-state index is 4.06. The van der Waals surface area contributed by atoms with E-state index in [0.29, 0.717) is 6.04 Å². The summed E-state index contributed by atoms with van der Waals surface area (Å²) in [4.78, 5) is 0.